The van der Waals surface area contributed by atoms with Crippen molar-refractivity contribution >= 4 is 29.3 Å². The van der Waals surface area contributed by atoms with E-state index in [2.05, 4.69) is 19.2 Å². The zero-order chi connectivity index (χ0) is 18.7. The number of halogens is 1. The number of benzene rings is 2. The van der Waals surface area contributed by atoms with E-state index in [0.29, 0.717) is 16.9 Å². The van der Waals surface area contributed by atoms with E-state index in [1.54, 1.807) is 24.3 Å². The second-order valence-electron chi connectivity index (χ2n) is 6.62. The monoisotopic (exact) mass is 386 g/mol. The highest BCUT2D eigenvalue weighted by Gasteiger charge is 2.15. The third-order valence-electron chi connectivity index (χ3n) is 4.40. The Bertz CT molecular complexity index is 981. The number of carbonyl (C=O) groups excluding carboxylic acids is 1. The molecule has 2 aromatic carbocycles. The second-order valence-corrected chi connectivity index (χ2v) is 6.62. The van der Waals surface area contributed by atoms with E-state index in [4.69, 9.17) is 10.2 Å². The van der Waals surface area contributed by atoms with Gasteiger partial charge in [-0.25, -0.2) is 4.79 Å². The fourth-order valence-electron chi connectivity index (χ4n) is 2.76. The van der Waals surface area contributed by atoms with Crippen LogP contribution in [0.2, 0.25) is 0 Å². The summed E-state index contributed by atoms with van der Waals surface area (Å²) in [7, 11) is 0. The van der Waals surface area contributed by atoms with Crippen LogP contribution in [0.1, 0.15) is 47.3 Å². The quantitative estimate of drug-likeness (QED) is 0.653. The maximum absolute atomic E-state index is 12.4. The Morgan fingerprint density at radius 1 is 1.07 bits per heavy atom. The molecule has 0 fully saturated rings. The molecule has 1 heterocycles. The summed E-state index contributed by atoms with van der Waals surface area (Å²) in [5.41, 5.74) is 8.10. The Balaban J connectivity index is 0.00000261. The normalized spacial score (nSPS) is 11.9. The van der Waals surface area contributed by atoms with Crippen molar-refractivity contribution in [2.45, 2.75) is 25.8 Å². The van der Waals surface area contributed by atoms with E-state index >= 15 is 0 Å². The Labute approximate surface area is 164 Å². The largest absolute Gasteiger partial charge is 0.422 e. The molecule has 0 spiro atoms. The molecule has 3 rings (SSSR count). The van der Waals surface area contributed by atoms with Crippen LogP contribution < -0.4 is 16.7 Å². The predicted molar refractivity (Wildman–Crippen MR) is 110 cm³/mol. The highest BCUT2D eigenvalue weighted by molar-refractivity contribution is 5.96. The number of rotatable bonds is 5. The zero-order valence-electron chi connectivity index (χ0n) is 15.3. The number of fused-ring (bicyclic) bond motifs is 1. The zero-order valence-corrected chi connectivity index (χ0v) is 16.1. The maximum atomic E-state index is 12.4. The molecule has 27 heavy (non-hydrogen) atoms. The van der Waals surface area contributed by atoms with Crippen LogP contribution in [0.5, 0.6) is 0 Å². The van der Waals surface area contributed by atoms with Crippen LogP contribution >= 0.6 is 12.4 Å². The molecule has 0 aliphatic carbocycles. The number of hydrogen-bond acceptors (Lipinski definition) is 4. The van der Waals surface area contributed by atoms with Gasteiger partial charge in [0.2, 0.25) is 0 Å². The molecule has 0 aliphatic heterocycles. The number of para-hydroxylation sites is 1. The first-order valence-electron chi connectivity index (χ1n) is 8.62. The van der Waals surface area contributed by atoms with E-state index in [0.717, 1.165) is 5.56 Å². The average molecular weight is 387 g/mol. The minimum Gasteiger partial charge on any atom is -0.422 e. The van der Waals surface area contributed by atoms with Gasteiger partial charge in [0.1, 0.15) is 11.1 Å². The van der Waals surface area contributed by atoms with E-state index in [-0.39, 0.29) is 30.6 Å². The SMILES string of the molecule is CC(C)c1ccc([C@@H](N)CNC(=O)c2cc3ccccc3oc2=O)cc1.Cl. The van der Waals surface area contributed by atoms with Crippen molar-refractivity contribution in [1.29, 1.82) is 0 Å². The molecule has 0 aliphatic rings. The lowest BCUT2D eigenvalue weighted by molar-refractivity contribution is 0.0947. The van der Waals surface area contributed by atoms with Crippen LogP contribution in [-0.4, -0.2) is 12.5 Å². The lowest BCUT2D eigenvalue weighted by atomic mass is 9.99. The third kappa shape index (κ3) is 4.76. The van der Waals surface area contributed by atoms with Crippen molar-refractivity contribution in [3.63, 3.8) is 0 Å². The topological polar surface area (TPSA) is 85.3 Å². The molecule has 0 bridgehead atoms. The van der Waals surface area contributed by atoms with Crippen molar-refractivity contribution < 1.29 is 9.21 Å². The van der Waals surface area contributed by atoms with Gasteiger partial charge in [-0.3, -0.25) is 4.79 Å². The van der Waals surface area contributed by atoms with E-state index in [1.807, 2.05) is 30.3 Å². The van der Waals surface area contributed by atoms with Gasteiger partial charge in [0.15, 0.2) is 0 Å². The van der Waals surface area contributed by atoms with Crippen LogP contribution in [0.15, 0.2) is 63.8 Å². The first-order chi connectivity index (χ1) is 12.5. The summed E-state index contributed by atoms with van der Waals surface area (Å²) in [5.74, 6) is -0.0362. The lowest BCUT2D eigenvalue weighted by Crippen LogP contribution is -2.34. The van der Waals surface area contributed by atoms with Crippen LogP contribution in [0.25, 0.3) is 11.0 Å². The Kier molecular flexibility index (Phi) is 6.77. The number of carbonyl (C=O) groups is 1. The van der Waals surface area contributed by atoms with Crippen molar-refractivity contribution in [2.75, 3.05) is 6.54 Å². The van der Waals surface area contributed by atoms with E-state index in [1.165, 1.54) is 5.56 Å². The van der Waals surface area contributed by atoms with Crippen LogP contribution in [-0.2, 0) is 0 Å². The van der Waals surface area contributed by atoms with Gasteiger partial charge >= 0.3 is 5.63 Å². The van der Waals surface area contributed by atoms with Crippen molar-refractivity contribution in [1.82, 2.24) is 5.32 Å². The smallest absolute Gasteiger partial charge is 0.349 e. The first kappa shape index (κ1) is 20.7. The van der Waals surface area contributed by atoms with Crippen molar-refractivity contribution in [2.24, 2.45) is 5.73 Å². The highest BCUT2D eigenvalue weighted by Crippen LogP contribution is 2.17. The summed E-state index contributed by atoms with van der Waals surface area (Å²) >= 11 is 0. The van der Waals surface area contributed by atoms with Crippen LogP contribution in [0, 0.1) is 0 Å². The molecule has 142 valence electrons. The number of hydrogen-bond donors (Lipinski definition) is 2. The van der Waals surface area contributed by atoms with Crippen molar-refractivity contribution in [3.05, 3.63) is 81.7 Å². The third-order valence-corrected chi connectivity index (χ3v) is 4.40. The fraction of sp³-hybridized carbons (Fsp3) is 0.238. The summed E-state index contributed by atoms with van der Waals surface area (Å²) in [4.78, 5) is 24.4. The van der Waals surface area contributed by atoms with Gasteiger partial charge in [-0.15, -0.1) is 12.4 Å². The molecule has 3 aromatic rings. The molecular formula is C21H23ClN2O3. The van der Waals surface area contributed by atoms with Crippen LogP contribution in [0.3, 0.4) is 0 Å². The van der Waals surface area contributed by atoms with Gasteiger partial charge in [-0.2, -0.15) is 0 Å². The number of nitrogens with one attached hydrogen (secondary N) is 1. The highest BCUT2D eigenvalue weighted by atomic mass is 35.5. The van der Waals surface area contributed by atoms with Gasteiger partial charge in [0.25, 0.3) is 5.91 Å². The standard InChI is InChI=1S/C21H22N2O3.ClH/c1-13(2)14-7-9-15(10-8-14)18(22)12-23-20(24)17-11-16-5-3-4-6-19(16)26-21(17)25;/h3-11,13,18H,12,22H2,1-2H3,(H,23,24);1H/t18-;/m0./s1. The molecule has 0 radical (unpaired) electrons. The molecular weight excluding hydrogens is 364 g/mol. The summed E-state index contributed by atoms with van der Waals surface area (Å²) in [5, 5.41) is 3.42. The van der Waals surface area contributed by atoms with E-state index < -0.39 is 11.5 Å². The summed E-state index contributed by atoms with van der Waals surface area (Å²) < 4.78 is 5.19. The molecule has 3 N–H and O–H groups in total. The van der Waals surface area contributed by atoms with Gasteiger partial charge in [0, 0.05) is 18.0 Å². The Morgan fingerprint density at radius 3 is 2.37 bits per heavy atom. The van der Waals surface area contributed by atoms with Gasteiger partial charge in [0.05, 0.1) is 0 Å². The van der Waals surface area contributed by atoms with E-state index in [9.17, 15) is 9.59 Å². The lowest BCUT2D eigenvalue weighted by Gasteiger charge is -2.14. The summed E-state index contributed by atoms with van der Waals surface area (Å²) in [6.07, 6.45) is 0. The fourth-order valence-corrected chi connectivity index (χ4v) is 2.76. The maximum Gasteiger partial charge on any atom is 0.349 e. The minimum absolute atomic E-state index is 0. The average Bonchev–Trinajstić information content (AvgIpc) is 2.65. The molecule has 0 saturated carbocycles. The molecule has 1 amide bonds. The van der Waals surface area contributed by atoms with Crippen molar-refractivity contribution in [3.8, 4) is 0 Å². The molecule has 6 heteroatoms. The second kappa shape index (κ2) is 8.84. The Morgan fingerprint density at radius 2 is 1.70 bits per heavy atom. The molecule has 0 unspecified atom stereocenters. The first-order valence-corrected chi connectivity index (χ1v) is 8.62. The molecule has 5 nitrogen and oxygen atoms in total. The molecule has 1 aromatic heterocycles. The minimum atomic E-state index is -0.656. The molecule has 0 saturated heterocycles. The van der Waals surface area contributed by atoms with Gasteiger partial charge in [-0.05, 0) is 29.2 Å². The number of amides is 1. The van der Waals surface area contributed by atoms with Gasteiger partial charge < -0.3 is 15.5 Å². The number of nitrogens with two attached hydrogens (primary N) is 1. The summed E-state index contributed by atoms with van der Waals surface area (Å²) in [6, 6.07) is 16.3. The van der Waals surface area contributed by atoms with Gasteiger partial charge in [-0.1, -0.05) is 56.3 Å². The molecule has 1 atom stereocenters. The predicted octanol–water partition coefficient (Wildman–Crippen LogP) is 3.77. The summed E-state index contributed by atoms with van der Waals surface area (Å²) in [6.45, 7) is 4.49. The Hall–Kier alpha value is -2.63. The van der Waals surface area contributed by atoms with Crippen LogP contribution in [0.4, 0.5) is 0 Å².